The summed E-state index contributed by atoms with van der Waals surface area (Å²) in [5.41, 5.74) is 21.7. The van der Waals surface area contributed by atoms with Gasteiger partial charge in [-0.25, -0.2) is 17.6 Å². The Balaban J connectivity index is 2.21. The lowest BCUT2D eigenvalue weighted by Gasteiger charge is -2.28. The first kappa shape index (κ1) is 64.6. The highest BCUT2D eigenvalue weighted by Crippen LogP contribution is 2.36. The van der Waals surface area contributed by atoms with Crippen molar-refractivity contribution in [1.82, 2.24) is 68.1 Å². The van der Waals surface area contributed by atoms with E-state index in [1.807, 2.05) is 0 Å². The van der Waals surface area contributed by atoms with Gasteiger partial charge >= 0.3 is 0 Å². The maximum Gasteiger partial charge on any atom is 0.243 e. The van der Waals surface area contributed by atoms with E-state index in [0.29, 0.717) is 26.2 Å². The van der Waals surface area contributed by atoms with Crippen molar-refractivity contribution in [3.8, 4) is 0 Å². The van der Waals surface area contributed by atoms with Gasteiger partial charge in [-0.3, -0.25) is 59.9 Å². The van der Waals surface area contributed by atoms with Crippen LogP contribution in [0.5, 0.6) is 0 Å². The van der Waals surface area contributed by atoms with E-state index in [-0.39, 0.29) is 101 Å². The first-order valence-corrected chi connectivity index (χ1v) is 26.6. The minimum Gasteiger partial charge on any atom is -0.370 e. The van der Waals surface area contributed by atoms with Crippen LogP contribution in [-0.4, -0.2) is 177 Å². The number of nitrogens with zero attached hydrogens (tertiary/aromatic N) is 1. The van der Waals surface area contributed by atoms with Gasteiger partial charge in [0.05, 0.1) is 16.3 Å². The molecule has 0 radical (unpaired) electrons. The highest BCUT2D eigenvalue weighted by molar-refractivity contribution is 7.99. The van der Waals surface area contributed by atoms with Gasteiger partial charge in [-0.15, -0.1) is 23.5 Å². The molecular weight excluding hydrogens is 1080 g/mol. The number of fused-ring (bicyclic) bond motifs is 21. The molecule has 3 heterocycles. The molecular formula is C42H69F4N21O7S3. The number of carbonyl (C=O) groups excluding carboxylic acids is 7. The summed E-state index contributed by atoms with van der Waals surface area (Å²) < 4.78 is 65.8. The third kappa shape index (κ3) is 22.4. The second-order valence-electron chi connectivity index (χ2n) is 17.3. The quantitative estimate of drug-likeness (QED) is 0.0111. The summed E-state index contributed by atoms with van der Waals surface area (Å²) in [6, 6.07) is -9.48. The van der Waals surface area contributed by atoms with Crippen molar-refractivity contribution in [1.29, 1.82) is 21.6 Å². The summed E-state index contributed by atoms with van der Waals surface area (Å²) in [5.74, 6) is -17.3. The van der Waals surface area contributed by atoms with Crippen molar-refractivity contribution < 1.29 is 51.1 Å². The number of rotatable bonds is 20. The number of benzene rings is 1. The lowest BCUT2D eigenvalue weighted by Crippen LogP contribution is -2.60. The number of hydrogen-bond acceptors (Lipinski definition) is 16. The van der Waals surface area contributed by atoms with Gasteiger partial charge in [0, 0.05) is 63.9 Å². The normalized spacial score (nSPS) is 21.2. The monoisotopic (exact) mass is 1150 g/mol. The summed E-state index contributed by atoms with van der Waals surface area (Å²) in [7, 11) is 0. The predicted molar refractivity (Wildman–Crippen MR) is 282 cm³/mol. The molecule has 7 amide bonds. The fourth-order valence-electron chi connectivity index (χ4n) is 7.40. The summed E-state index contributed by atoms with van der Waals surface area (Å²) in [6.45, 7) is 0.978. The third-order valence-corrected chi connectivity index (χ3v) is 14.0. The lowest BCUT2D eigenvalue weighted by atomic mass is 10.0. The zero-order valence-electron chi connectivity index (χ0n) is 41.8. The molecule has 6 unspecified atom stereocenters. The van der Waals surface area contributed by atoms with E-state index in [1.54, 1.807) is 0 Å². The van der Waals surface area contributed by atoms with Crippen LogP contribution in [0, 0.1) is 44.9 Å². The molecule has 1 fully saturated rings. The van der Waals surface area contributed by atoms with E-state index in [1.165, 1.54) is 4.90 Å². The number of thiol groups is 1. The standard InChI is InChI=1S/C42H69F4N21O7S3/c43-27-29(45)32-30(46)28(44)31(27)76-18-24(33(69)60-17-26(68)67-15-13-55-14-16-67)65-37(73)23(8-4-12-59-42(53)54)63-35(71)21(6-2-10-57-40(49)50)61-34(70)20(5-1-9-56-39(47)48)62-36(72)22(7-3-11-58-41(51)52)64-38(74)25(66-75)19-77-32/h20-25,55,66,75H,1-19H2,(H,60,69)(H,61,70)(H,62,72)(H,63,71)(H,64,74)(H,65,73)(H4,47,48,56)(H4,49,50,57)(H4,51,52,58)(H4,53,54,59). The van der Waals surface area contributed by atoms with Crippen LogP contribution in [0.4, 0.5) is 17.6 Å². The fourth-order valence-corrected chi connectivity index (χ4v) is 9.73. The fraction of sp³-hybridized carbons (Fsp3) is 0.595. The van der Waals surface area contributed by atoms with Gasteiger partial charge in [-0.2, -0.15) is 0 Å². The summed E-state index contributed by atoms with van der Waals surface area (Å²) >= 11 is 4.22. The van der Waals surface area contributed by atoms with Gasteiger partial charge < -0.3 is 86.3 Å². The van der Waals surface area contributed by atoms with Crippen molar-refractivity contribution >= 4 is 102 Å². The Bertz CT molecular complexity index is 2260. The number of hydrogen-bond donors (Lipinski definition) is 21. The molecule has 0 aromatic heterocycles. The van der Waals surface area contributed by atoms with Crippen molar-refractivity contribution in [2.24, 2.45) is 22.9 Å². The Kier molecular flexibility index (Phi) is 28.0. The van der Waals surface area contributed by atoms with Gasteiger partial charge in [0.15, 0.2) is 47.1 Å². The minimum absolute atomic E-state index is 0.0102. The largest absolute Gasteiger partial charge is 0.370 e. The Morgan fingerprint density at radius 1 is 0.545 bits per heavy atom. The van der Waals surface area contributed by atoms with Crippen LogP contribution < -0.4 is 86.1 Å². The van der Waals surface area contributed by atoms with Crippen LogP contribution in [0.25, 0.3) is 0 Å². The predicted octanol–water partition coefficient (Wildman–Crippen LogP) is -4.73. The van der Waals surface area contributed by atoms with Gasteiger partial charge in [0.1, 0.15) is 36.3 Å². The molecule has 24 N–H and O–H groups in total. The molecule has 28 nitrogen and oxygen atoms in total. The number of piperazine rings is 1. The molecule has 6 atom stereocenters. The minimum atomic E-state index is -1.90. The van der Waals surface area contributed by atoms with Crippen LogP contribution in [0.3, 0.4) is 0 Å². The topological polar surface area (TPSA) is 467 Å². The maximum atomic E-state index is 15.9. The highest BCUT2D eigenvalue weighted by Gasteiger charge is 2.35. The number of nitrogens with one attached hydrogen (secondary N) is 16. The van der Waals surface area contributed by atoms with Crippen LogP contribution in [0.15, 0.2) is 9.79 Å². The van der Waals surface area contributed by atoms with Crippen molar-refractivity contribution in [2.75, 3.05) is 70.4 Å². The molecule has 0 saturated carbocycles. The van der Waals surface area contributed by atoms with E-state index in [4.69, 9.17) is 44.6 Å². The van der Waals surface area contributed by atoms with Crippen LogP contribution in [0.2, 0.25) is 0 Å². The lowest BCUT2D eigenvalue weighted by molar-refractivity contribution is -0.136. The van der Waals surface area contributed by atoms with Crippen LogP contribution in [0.1, 0.15) is 51.4 Å². The highest BCUT2D eigenvalue weighted by atomic mass is 32.2. The van der Waals surface area contributed by atoms with Gasteiger partial charge in [-0.05, 0) is 51.4 Å². The molecule has 4 rings (SSSR count). The molecule has 430 valence electrons. The maximum absolute atomic E-state index is 15.9. The molecule has 0 spiro atoms. The van der Waals surface area contributed by atoms with Crippen molar-refractivity contribution in [2.45, 2.75) is 97.4 Å². The van der Waals surface area contributed by atoms with E-state index in [0.717, 1.165) is 0 Å². The van der Waals surface area contributed by atoms with Gasteiger partial charge in [-0.1, -0.05) is 12.8 Å². The van der Waals surface area contributed by atoms with E-state index >= 15 is 17.6 Å². The second-order valence-corrected chi connectivity index (χ2v) is 19.6. The van der Waals surface area contributed by atoms with Crippen LogP contribution in [-0.2, 0) is 33.6 Å². The number of nitrogens with two attached hydrogens (primary N) is 4. The zero-order chi connectivity index (χ0) is 57.2. The summed E-state index contributed by atoms with van der Waals surface area (Å²) in [5, 5.41) is 58.4. The van der Waals surface area contributed by atoms with E-state index in [9.17, 15) is 33.6 Å². The first-order chi connectivity index (χ1) is 36.5. The van der Waals surface area contributed by atoms with E-state index in [2.05, 4.69) is 76.0 Å². The average Bonchev–Trinajstić information content (AvgIpc) is 3.38. The SMILES string of the molecule is N=C(N)NCCCC1NC(=O)C(NS)CSc2c(F)c(F)c(c(F)c2F)SCC(C(=O)NCC(=O)N2CCNCC2)NC(=O)C(CCCNC(=N)N)NC(=O)C(CCCNC(=N)N)NC(=O)C(CCCNC(=N)N)NC1=O. The molecule has 1 saturated heterocycles. The average molecular weight is 1150 g/mol. The first-order valence-electron chi connectivity index (χ1n) is 24.1. The molecule has 2 bridgehead atoms. The van der Waals surface area contributed by atoms with E-state index < -0.39 is 153 Å². The number of carbonyl (C=O) groups is 7. The van der Waals surface area contributed by atoms with Crippen molar-refractivity contribution in [3.63, 3.8) is 0 Å². The molecule has 1 aromatic carbocycles. The second kappa shape index (κ2) is 33.4. The molecule has 35 heteroatoms. The number of thioether (sulfide) groups is 2. The zero-order valence-corrected chi connectivity index (χ0v) is 44.3. The number of halogens is 4. The third-order valence-electron chi connectivity index (χ3n) is 11.4. The molecule has 77 heavy (non-hydrogen) atoms. The molecule has 3 aliphatic heterocycles. The Hall–Kier alpha value is -6.72. The van der Waals surface area contributed by atoms with Crippen LogP contribution >= 0.6 is 36.3 Å². The summed E-state index contributed by atoms with van der Waals surface area (Å²) in [6.07, 6.45) is -0.607. The Labute approximate surface area is 454 Å². The molecule has 1 aromatic rings. The molecule has 0 aliphatic carbocycles. The van der Waals surface area contributed by atoms with Crippen molar-refractivity contribution in [3.05, 3.63) is 23.3 Å². The van der Waals surface area contributed by atoms with Gasteiger partial charge in [0.25, 0.3) is 0 Å². The molecule has 3 aliphatic rings. The number of amides is 7. The Morgan fingerprint density at radius 3 is 1.23 bits per heavy atom. The smallest absolute Gasteiger partial charge is 0.243 e. The van der Waals surface area contributed by atoms with Gasteiger partial charge in [0.2, 0.25) is 41.4 Å². The summed E-state index contributed by atoms with van der Waals surface area (Å²) in [4.78, 5) is 97.0. The number of guanidine groups is 4. The Morgan fingerprint density at radius 2 is 0.883 bits per heavy atom.